The number of hydrogen-bond acceptors (Lipinski definition) is 14. The number of aromatic nitrogens is 4. The van der Waals surface area contributed by atoms with Gasteiger partial charge in [-0.1, -0.05) is 38.5 Å². The summed E-state index contributed by atoms with van der Waals surface area (Å²) in [5.41, 5.74) is 6.22. The maximum Gasteiger partial charge on any atom is 0.362 e. The first-order chi connectivity index (χ1) is 20.3. The predicted molar refractivity (Wildman–Crippen MR) is 150 cm³/mol. The van der Waals surface area contributed by atoms with Gasteiger partial charge in [-0.25, -0.2) is 4.72 Å². The molecule has 0 saturated heterocycles. The summed E-state index contributed by atoms with van der Waals surface area (Å²) in [7, 11) is -4.70. The summed E-state index contributed by atoms with van der Waals surface area (Å²) in [6.07, 6.45) is -9.68. The molecule has 0 saturated carbocycles. The summed E-state index contributed by atoms with van der Waals surface area (Å²) in [5.74, 6) is 0.0308. The molecule has 2 aromatic carbocycles. The van der Waals surface area contributed by atoms with Crippen molar-refractivity contribution in [1.29, 1.82) is 0 Å². The van der Waals surface area contributed by atoms with E-state index in [4.69, 9.17) is 10.5 Å². The summed E-state index contributed by atoms with van der Waals surface area (Å²) in [5, 5.41) is 63.0. The molecule has 0 aliphatic rings. The van der Waals surface area contributed by atoms with Gasteiger partial charge in [0.2, 0.25) is 5.82 Å². The normalized spacial score (nSPS) is 16.8. The highest BCUT2D eigenvalue weighted by Crippen LogP contribution is 2.24. The number of benzene rings is 2. The Balaban J connectivity index is 1.50. The fourth-order valence-electron chi connectivity index (χ4n) is 3.66. The Morgan fingerprint density at radius 3 is 2.21 bits per heavy atom. The molecule has 7 atom stereocenters. The number of tetrazole rings is 1. The van der Waals surface area contributed by atoms with Gasteiger partial charge in [-0.15, -0.1) is 15.0 Å². The lowest BCUT2D eigenvalue weighted by Gasteiger charge is -2.27. The van der Waals surface area contributed by atoms with E-state index in [1.165, 1.54) is 0 Å². The van der Waals surface area contributed by atoms with Crippen LogP contribution >= 0.6 is 0 Å². The Kier molecular flexibility index (Phi) is 12.0. The number of amides is 1. The van der Waals surface area contributed by atoms with Crippen LogP contribution in [0.1, 0.15) is 32.9 Å². The Morgan fingerprint density at radius 2 is 1.58 bits per heavy atom. The lowest BCUT2D eigenvalue weighted by Crippen LogP contribution is -2.49. The van der Waals surface area contributed by atoms with Crippen LogP contribution in [-0.4, -0.2) is 97.1 Å². The van der Waals surface area contributed by atoms with E-state index in [2.05, 4.69) is 19.6 Å². The molecule has 3 unspecified atom stereocenters. The second-order valence-electron chi connectivity index (χ2n) is 9.82. The minimum atomic E-state index is -4.70. The predicted octanol–water partition coefficient (Wildman–Crippen LogP) is -0.792. The molecule has 43 heavy (non-hydrogen) atoms. The van der Waals surface area contributed by atoms with Crippen molar-refractivity contribution in [1.82, 2.24) is 24.9 Å². The number of nitrogens with zero attached hydrogens (tertiary/aromatic N) is 4. The van der Waals surface area contributed by atoms with Crippen molar-refractivity contribution in [2.45, 2.75) is 63.4 Å². The number of rotatable bonds is 16. The van der Waals surface area contributed by atoms with Gasteiger partial charge in [-0.3, -0.25) is 8.98 Å². The minimum absolute atomic E-state index is 0.145. The number of nitrogens with one attached hydrogen (secondary N) is 1. The van der Waals surface area contributed by atoms with Crippen LogP contribution in [0.3, 0.4) is 0 Å². The minimum Gasteiger partial charge on any atom is -0.457 e. The SMILES string of the molecule is CCC(C)C(N)C(=O)NS(=O)(=O)OC[C@@H](O)[C@@H](O)[C@@H](O)[C@@H](O)CC(O)n1nnc(-c2ccc(Oc3ccccc3)cc2)n1. The Bertz CT molecular complexity index is 1410. The quantitative estimate of drug-likeness (QED) is 0.103. The standard InChI is InChI=1S/C26H36N6O10S/c1-3-15(2)22(27)26(38)30-43(39,40)41-14-20(34)24(37)23(36)19(33)13-21(35)32-29-25(28-31-32)16-9-11-18(12-10-16)42-17-7-5-4-6-8-17/h4-12,15,19-24,33-37H,3,13-14,27H2,1-2H3,(H,30,38)/t15?,19-,20+,21?,22?,23-,24+/m0/s1. The van der Waals surface area contributed by atoms with Crippen LogP contribution in [0.4, 0.5) is 0 Å². The second-order valence-corrected chi connectivity index (χ2v) is 11.2. The van der Waals surface area contributed by atoms with Gasteiger partial charge < -0.3 is 36.0 Å². The number of ether oxygens (including phenoxy) is 1. The van der Waals surface area contributed by atoms with E-state index in [9.17, 15) is 38.7 Å². The average Bonchev–Trinajstić information content (AvgIpc) is 3.49. The lowest BCUT2D eigenvalue weighted by molar-refractivity contribution is -0.125. The monoisotopic (exact) mass is 624 g/mol. The van der Waals surface area contributed by atoms with E-state index >= 15 is 0 Å². The zero-order valence-electron chi connectivity index (χ0n) is 23.4. The second kappa shape index (κ2) is 15.3. The third-order valence-corrected chi connectivity index (χ3v) is 7.45. The van der Waals surface area contributed by atoms with Gasteiger partial charge in [0.15, 0.2) is 6.23 Å². The fraction of sp³-hybridized carbons (Fsp3) is 0.462. The van der Waals surface area contributed by atoms with Crippen LogP contribution in [0.5, 0.6) is 11.5 Å². The highest BCUT2D eigenvalue weighted by molar-refractivity contribution is 7.85. The summed E-state index contributed by atoms with van der Waals surface area (Å²) >= 11 is 0. The van der Waals surface area contributed by atoms with Crippen LogP contribution in [0.25, 0.3) is 11.4 Å². The zero-order chi connectivity index (χ0) is 31.7. The van der Waals surface area contributed by atoms with E-state index < -0.39 is 65.9 Å². The molecule has 0 spiro atoms. The van der Waals surface area contributed by atoms with E-state index in [0.29, 0.717) is 23.5 Å². The third kappa shape index (κ3) is 9.73. The Hall–Kier alpha value is -3.55. The lowest BCUT2D eigenvalue weighted by atomic mass is 10.00. The Morgan fingerprint density at radius 1 is 0.977 bits per heavy atom. The van der Waals surface area contributed by atoms with Gasteiger partial charge >= 0.3 is 10.3 Å². The number of carbonyl (C=O) groups is 1. The molecule has 0 bridgehead atoms. The number of hydrogen-bond donors (Lipinski definition) is 7. The number of nitrogens with two attached hydrogens (primary N) is 1. The van der Waals surface area contributed by atoms with E-state index in [-0.39, 0.29) is 11.7 Å². The summed E-state index contributed by atoms with van der Waals surface area (Å²) in [6, 6.07) is 14.8. The fourth-order valence-corrected chi connectivity index (χ4v) is 4.42. The van der Waals surface area contributed by atoms with Crippen molar-refractivity contribution < 1.29 is 47.7 Å². The number of para-hydroxylation sites is 1. The number of aliphatic hydroxyl groups excluding tert-OH is 5. The largest absolute Gasteiger partial charge is 0.457 e. The smallest absolute Gasteiger partial charge is 0.362 e. The van der Waals surface area contributed by atoms with E-state index in [1.807, 2.05) is 18.2 Å². The molecule has 0 radical (unpaired) electrons. The average molecular weight is 625 g/mol. The molecule has 3 aromatic rings. The molecule has 1 aromatic heterocycles. The van der Waals surface area contributed by atoms with Gasteiger partial charge in [-0.05, 0) is 47.5 Å². The third-order valence-electron chi connectivity index (χ3n) is 6.56. The first-order valence-corrected chi connectivity index (χ1v) is 14.7. The van der Waals surface area contributed by atoms with Crippen molar-refractivity contribution in [2.75, 3.05) is 6.61 Å². The molecule has 236 valence electrons. The van der Waals surface area contributed by atoms with Crippen LogP contribution < -0.4 is 15.2 Å². The van der Waals surface area contributed by atoms with Gasteiger partial charge in [0, 0.05) is 12.0 Å². The molecule has 8 N–H and O–H groups in total. The van der Waals surface area contributed by atoms with Crippen molar-refractivity contribution in [2.24, 2.45) is 11.7 Å². The van der Waals surface area contributed by atoms with Crippen LogP contribution in [0, 0.1) is 5.92 Å². The maximum atomic E-state index is 12.0. The van der Waals surface area contributed by atoms with Crippen molar-refractivity contribution >= 4 is 16.2 Å². The molecule has 1 amide bonds. The maximum absolute atomic E-state index is 12.0. The van der Waals surface area contributed by atoms with Gasteiger partial charge in [0.05, 0.1) is 18.8 Å². The van der Waals surface area contributed by atoms with Gasteiger partial charge in [0.25, 0.3) is 5.91 Å². The van der Waals surface area contributed by atoms with Crippen molar-refractivity contribution in [3.63, 3.8) is 0 Å². The van der Waals surface area contributed by atoms with E-state index in [1.54, 1.807) is 55.0 Å². The van der Waals surface area contributed by atoms with Crippen molar-refractivity contribution in [3.05, 3.63) is 54.6 Å². The summed E-state index contributed by atoms with van der Waals surface area (Å²) < 4.78 is 35.9. The van der Waals surface area contributed by atoms with Crippen molar-refractivity contribution in [3.8, 4) is 22.9 Å². The molecule has 0 aliphatic carbocycles. The molecule has 16 nitrogen and oxygen atoms in total. The molecular formula is C26H36N6O10S. The molecular weight excluding hydrogens is 588 g/mol. The van der Waals surface area contributed by atoms with E-state index in [0.717, 1.165) is 4.80 Å². The van der Waals surface area contributed by atoms with Crippen LogP contribution in [-0.2, 0) is 19.3 Å². The number of carbonyl (C=O) groups excluding carboxylic acids is 1. The molecule has 3 rings (SSSR count). The highest BCUT2D eigenvalue weighted by atomic mass is 32.2. The van der Waals surface area contributed by atoms with Gasteiger partial charge in [-0.2, -0.15) is 8.42 Å². The Labute approximate surface area is 247 Å². The zero-order valence-corrected chi connectivity index (χ0v) is 24.2. The molecule has 0 aliphatic heterocycles. The molecule has 0 fully saturated rings. The highest BCUT2D eigenvalue weighted by Gasteiger charge is 2.34. The molecule has 1 heterocycles. The summed E-state index contributed by atoms with van der Waals surface area (Å²) in [6.45, 7) is 2.35. The summed E-state index contributed by atoms with van der Waals surface area (Å²) in [4.78, 5) is 12.8. The van der Waals surface area contributed by atoms with Crippen LogP contribution in [0.2, 0.25) is 0 Å². The van der Waals surface area contributed by atoms with Crippen LogP contribution in [0.15, 0.2) is 54.6 Å². The topological polar surface area (TPSA) is 252 Å². The van der Waals surface area contributed by atoms with Gasteiger partial charge in [0.1, 0.15) is 29.8 Å². The number of aliphatic hydroxyl groups is 5. The first kappa shape index (κ1) is 33.9. The molecule has 17 heteroatoms. The first-order valence-electron chi connectivity index (χ1n) is 13.3.